The van der Waals surface area contributed by atoms with Gasteiger partial charge in [-0.15, -0.1) is 0 Å². The molecule has 1 aliphatic rings. The molecule has 0 aromatic rings. The van der Waals surface area contributed by atoms with Crippen LogP contribution in [0.1, 0.15) is 58.8 Å². The SMILES string of the molecule is CC(C)(CCCO)CNC1CCCCCC1C#N. The summed E-state index contributed by atoms with van der Waals surface area (Å²) in [4.78, 5) is 0. The summed E-state index contributed by atoms with van der Waals surface area (Å²) in [5.74, 6) is 0.182. The van der Waals surface area contributed by atoms with Gasteiger partial charge < -0.3 is 10.4 Å². The molecule has 0 aromatic heterocycles. The lowest BCUT2D eigenvalue weighted by atomic mass is 9.86. The Kier molecular flexibility index (Phi) is 6.67. The molecule has 3 nitrogen and oxygen atoms in total. The highest BCUT2D eigenvalue weighted by Gasteiger charge is 2.25. The first-order valence-electron chi connectivity index (χ1n) is 7.33. The number of hydrogen-bond acceptors (Lipinski definition) is 3. The molecule has 18 heavy (non-hydrogen) atoms. The maximum atomic E-state index is 9.23. The second-order valence-electron chi connectivity index (χ2n) is 6.35. The number of nitrogens with zero attached hydrogens (tertiary/aromatic N) is 1. The third-order valence-electron chi connectivity index (χ3n) is 4.04. The van der Waals surface area contributed by atoms with Gasteiger partial charge in [-0.2, -0.15) is 5.26 Å². The Balaban J connectivity index is 2.42. The van der Waals surface area contributed by atoms with Gasteiger partial charge in [0.05, 0.1) is 12.0 Å². The van der Waals surface area contributed by atoms with E-state index in [9.17, 15) is 5.26 Å². The highest BCUT2D eigenvalue weighted by Crippen LogP contribution is 2.25. The van der Waals surface area contributed by atoms with Crippen molar-refractivity contribution in [2.75, 3.05) is 13.2 Å². The average Bonchev–Trinajstić information content (AvgIpc) is 2.59. The number of nitriles is 1. The Labute approximate surface area is 112 Å². The molecule has 0 heterocycles. The lowest BCUT2D eigenvalue weighted by Crippen LogP contribution is -2.40. The van der Waals surface area contributed by atoms with E-state index < -0.39 is 0 Å². The fourth-order valence-corrected chi connectivity index (χ4v) is 2.76. The van der Waals surface area contributed by atoms with Gasteiger partial charge in [-0.25, -0.2) is 0 Å². The minimum atomic E-state index is 0.182. The molecule has 1 saturated carbocycles. The molecule has 1 aliphatic carbocycles. The Morgan fingerprint density at radius 3 is 2.67 bits per heavy atom. The summed E-state index contributed by atoms with van der Waals surface area (Å²) in [6, 6.07) is 2.84. The lowest BCUT2D eigenvalue weighted by molar-refractivity contribution is 0.225. The molecule has 0 bridgehead atoms. The van der Waals surface area contributed by atoms with Crippen LogP contribution in [0.5, 0.6) is 0 Å². The zero-order chi connectivity index (χ0) is 13.4. The van der Waals surface area contributed by atoms with Crippen molar-refractivity contribution in [3.8, 4) is 6.07 Å². The van der Waals surface area contributed by atoms with Crippen molar-refractivity contribution in [3.05, 3.63) is 0 Å². The van der Waals surface area contributed by atoms with Crippen molar-refractivity contribution >= 4 is 0 Å². The van der Waals surface area contributed by atoms with Gasteiger partial charge in [-0.1, -0.05) is 33.1 Å². The molecule has 0 radical (unpaired) electrons. The van der Waals surface area contributed by atoms with Crippen molar-refractivity contribution in [2.24, 2.45) is 11.3 Å². The molecule has 3 heteroatoms. The van der Waals surface area contributed by atoms with Crippen LogP contribution in [-0.4, -0.2) is 24.3 Å². The normalized spacial score (nSPS) is 25.4. The Morgan fingerprint density at radius 2 is 2.00 bits per heavy atom. The molecule has 104 valence electrons. The number of hydrogen-bond donors (Lipinski definition) is 2. The van der Waals surface area contributed by atoms with Crippen LogP contribution in [0.4, 0.5) is 0 Å². The quantitative estimate of drug-likeness (QED) is 0.715. The van der Waals surface area contributed by atoms with E-state index in [1.165, 1.54) is 19.3 Å². The number of rotatable bonds is 6. The van der Waals surface area contributed by atoms with E-state index in [4.69, 9.17) is 5.11 Å². The molecule has 0 spiro atoms. The second kappa shape index (κ2) is 7.76. The van der Waals surface area contributed by atoms with Crippen LogP contribution in [0, 0.1) is 22.7 Å². The van der Waals surface area contributed by atoms with E-state index in [0.717, 1.165) is 32.2 Å². The van der Waals surface area contributed by atoms with E-state index in [-0.39, 0.29) is 17.9 Å². The molecule has 0 saturated heterocycles. The standard InChI is InChI=1S/C15H28N2O/c1-15(2,9-6-10-18)12-17-14-8-5-3-4-7-13(14)11-16/h13-14,17-18H,3-10,12H2,1-2H3. The van der Waals surface area contributed by atoms with Gasteiger partial charge in [0, 0.05) is 19.2 Å². The molecule has 1 fully saturated rings. The van der Waals surface area contributed by atoms with Gasteiger partial charge in [0.1, 0.15) is 0 Å². The molecule has 0 aromatic carbocycles. The number of aliphatic hydroxyl groups excluding tert-OH is 1. The lowest BCUT2D eigenvalue weighted by Gasteiger charge is -2.29. The highest BCUT2D eigenvalue weighted by molar-refractivity contribution is 4.94. The first kappa shape index (κ1) is 15.5. The predicted molar refractivity (Wildman–Crippen MR) is 74.1 cm³/mol. The third kappa shape index (κ3) is 5.37. The van der Waals surface area contributed by atoms with Gasteiger partial charge >= 0.3 is 0 Å². The zero-order valence-electron chi connectivity index (χ0n) is 11.9. The van der Waals surface area contributed by atoms with E-state index in [0.29, 0.717) is 6.04 Å². The first-order valence-corrected chi connectivity index (χ1v) is 7.33. The van der Waals surface area contributed by atoms with Crippen LogP contribution in [-0.2, 0) is 0 Å². The topological polar surface area (TPSA) is 56.0 Å². The molecule has 2 atom stereocenters. The van der Waals surface area contributed by atoms with Crippen molar-refractivity contribution in [1.82, 2.24) is 5.32 Å². The summed E-state index contributed by atoms with van der Waals surface area (Å²) >= 11 is 0. The number of nitrogens with one attached hydrogen (secondary N) is 1. The predicted octanol–water partition coefficient (Wildman–Crippen LogP) is 2.85. The molecular weight excluding hydrogens is 224 g/mol. The van der Waals surface area contributed by atoms with Gasteiger partial charge in [-0.3, -0.25) is 0 Å². The molecule has 2 unspecified atom stereocenters. The van der Waals surface area contributed by atoms with Crippen molar-refractivity contribution in [2.45, 2.75) is 64.8 Å². The smallest absolute Gasteiger partial charge is 0.0672 e. The van der Waals surface area contributed by atoms with Gasteiger partial charge in [0.15, 0.2) is 0 Å². The summed E-state index contributed by atoms with van der Waals surface area (Å²) in [5.41, 5.74) is 0.203. The van der Waals surface area contributed by atoms with E-state index in [1.54, 1.807) is 0 Å². The van der Waals surface area contributed by atoms with Crippen LogP contribution in [0.25, 0.3) is 0 Å². The van der Waals surface area contributed by atoms with Crippen LogP contribution < -0.4 is 5.32 Å². The largest absolute Gasteiger partial charge is 0.396 e. The minimum Gasteiger partial charge on any atom is -0.396 e. The molecule has 0 aliphatic heterocycles. The molecule has 0 amide bonds. The van der Waals surface area contributed by atoms with Crippen LogP contribution in [0.3, 0.4) is 0 Å². The maximum Gasteiger partial charge on any atom is 0.0672 e. The minimum absolute atomic E-state index is 0.182. The summed E-state index contributed by atoms with van der Waals surface area (Å²) < 4.78 is 0. The van der Waals surface area contributed by atoms with Crippen molar-refractivity contribution < 1.29 is 5.11 Å². The third-order valence-corrected chi connectivity index (χ3v) is 4.04. The second-order valence-corrected chi connectivity index (χ2v) is 6.35. The van der Waals surface area contributed by atoms with Gasteiger partial charge in [0.2, 0.25) is 0 Å². The average molecular weight is 252 g/mol. The summed E-state index contributed by atoms with van der Waals surface area (Å²) in [7, 11) is 0. The highest BCUT2D eigenvalue weighted by atomic mass is 16.2. The monoisotopic (exact) mass is 252 g/mol. The van der Waals surface area contributed by atoms with Crippen LogP contribution >= 0.6 is 0 Å². The fraction of sp³-hybridized carbons (Fsp3) is 0.933. The van der Waals surface area contributed by atoms with E-state index in [1.807, 2.05) is 0 Å². The van der Waals surface area contributed by atoms with Gasteiger partial charge in [0.25, 0.3) is 0 Å². The molecule has 1 rings (SSSR count). The zero-order valence-corrected chi connectivity index (χ0v) is 11.9. The fourth-order valence-electron chi connectivity index (χ4n) is 2.76. The van der Waals surface area contributed by atoms with E-state index >= 15 is 0 Å². The number of aliphatic hydroxyl groups is 1. The molecular formula is C15H28N2O. The summed E-state index contributed by atoms with van der Waals surface area (Å²) in [6.07, 6.45) is 7.78. The Hall–Kier alpha value is -0.590. The summed E-state index contributed by atoms with van der Waals surface area (Å²) in [6.45, 7) is 5.67. The van der Waals surface area contributed by atoms with Crippen molar-refractivity contribution in [1.29, 1.82) is 5.26 Å². The summed E-state index contributed by atoms with van der Waals surface area (Å²) in [5, 5.41) is 21.7. The molecule has 2 N–H and O–H groups in total. The Bertz CT molecular complexity index is 270. The first-order chi connectivity index (χ1) is 8.59. The van der Waals surface area contributed by atoms with Crippen LogP contribution in [0.15, 0.2) is 0 Å². The maximum absolute atomic E-state index is 9.23. The van der Waals surface area contributed by atoms with Crippen molar-refractivity contribution in [3.63, 3.8) is 0 Å². The van der Waals surface area contributed by atoms with E-state index in [2.05, 4.69) is 25.2 Å². The van der Waals surface area contributed by atoms with Gasteiger partial charge in [-0.05, 0) is 31.1 Å². The van der Waals surface area contributed by atoms with Crippen LogP contribution in [0.2, 0.25) is 0 Å². The Morgan fingerprint density at radius 1 is 1.28 bits per heavy atom.